The SMILES string of the molecule is CC(C)(CN)NS(=O)(=O)c1ccc(OC(F)(F)F)cc1Br.Cl. The van der Waals surface area contributed by atoms with Gasteiger partial charge in [-0.3, -0.25) is 0 Å². The lowest BCUT2D eigenvalue weighted by atomic mass is 10.1. The molecule has 1 rings (SSSR count). The van der Waals surface area contributed by atoms with E-state index in [1.54, 1.807) is 13.8 Å². The first-order valence-corrected chi connectivity index (χ1v) is 7.93. The van der Waals surface area contributed by atoms with Crippen molar-refractivity contribution in [1.29, 1.82) is 0 Å². The number of hydrogen-bond donors (Lipinski definition) is 2. The summed E-state index contributed by atoms with van der Waals surface area (Å²) in [5.74, 6) is -0.522. The van der Waals surface area contributed by atoms with E-state index in [4.69, 9.17) is 5.73 Å². The molecule has 0 aliphatic rings. The average molecular weight is 428 g/mol. The summed E-state index contributed by atoms with van der Waals surface area (Å²) in [6.45, 7) is 3.22. The van der Waals surface area contributed by atoms with Gasteiger partial charge in [0.15, 0.2) is 0 Å². The number of hydrogen-bond acceptors (Lipinski definition) is 4. The van der Waals surface area contributed by atoms with Crippen molar-refractivity contribution in [1.82, 2.24) is 4.72 Å². The molecule has 5 nitrogen and oxygen atoms in total. The molecular formula is C11H15BrClF3N2O3S. The zero-order valence-corrected chi connectivity index (χ0v) is 14.8. The van der Waals surface area contributed by atoms with Gasteiger partial charge in [-0.2, -0.15) is 0 Å². The molecule has 1 aromatic carbocycles. The van der Waals surface area contributed by atoms with E-state index in [1.165, 1.54) is 0 Å². The van der Waals surface area contributed by atoms with Gasteiger partial charge < -0.3 is 10.5 Å². The Kier molecular flexibility index (Phi) is 7.16. The van der Waals surface area contributed by atoms with Crippen molar-refractivity contribution in [2.75, 3.05) is 6.54 Å². The number of nitrogens with one attached hydrogen (secondary N) is 1. The summed E-state index contributed by atoms with van der Waals surface area (Å²) in [6, 6.07) is 2.86. The Morgan fingerprint density at radius 2 is 1.86 bits per heavy atom. The molecule has 0 aliphatic heterocycles. The molecule has 11 heteroatoms. The number of ether oxygens (including phenoxy) is 1. The fraction of sp³-hybridized carbons (Fsp3) is 0.455. The molecule has 128 valence electrons. The molecule has 0 aliphatic carbocycles. The lowest BCUT2D eigenvalue weighted by Crippen LogP contribution is -2.48. The second kappa shape index (κ2) is 7.35. The van der Waals surface area contributed by atoms with Gasteiger partial charge in [0.05, 0.1) is 4.90 Å². The van der Waals surface area contributed by atoms with Crippen LogP contribution in [0.2, 0.25) is 0 Å². The van der Waals surface area contributed by atoms with Crippen LogP contribution in [-0.2, 0) is 10.0 Å². The summed E-state index contributed by atoms with van der Waals surface area (Å²) in [7, 11) is -3.93. The van der Waals surface area contributed by atoms with Crippen LogP contribution >= 0.6 is 28.3 Å². The van der Waals surface area contributed by atoms with Crippen LogP contribution in [0.25, 0.3) is 0 Å². The van der Waals surface area contributed by atoms with Gasteiger partial charge in [0.2, 0.25) is 10.0 Å². The number of nitrogens with two attached hydrogens (primary N) is 1. The zero-order valence-electron chi connectivity index (χ0n) is 11.6. The number of benzene rings is 1. The Balaban J connectivity index is 0.00000441. The monoisotopic (exact) mass is 426 g/mol. The highest BCUT2D eigenvalue weighted by Gasteiger charge is 2.32. The van der Waals surface area contributed by atoms with Crippen LogP contribution in [-0.4, -0.2) is 26.9 Å². The third-order valence-corrected chi connectivity index (χ3v) is 5.02. The highest BCUT2D eigenvalue weighted by Crippen LogP contribution is 2.30. The van der Waals surface area contributed by atoms with Crippen molar-refractivity contribution < 1.29 is 26.3 Å². The van der Waals surface area contributed by atoms with Gasteiger partial charge >= 0.3 is 6.36 Å². The predicted octanol–water partition coefficient (Wildman–Crippen LogP) is 2.79. The first-order valence-electron chi connectivity index (χ1n) is 5.66. The number of alkyl halides is 3. The maximum absolute atomic E-state index is 12.2. The lowest BCUT2D eigenvalue weighted by molar-refractivity contribution is -0.274. The summed E-state index contributed by atoms with van der Waals surface area (Å²) in [6.07, 6.45) is -4.85. The van der Waals surface area contributed by atoms with E-state index in [0.29, 0.717) is 0 Å². The van der Waals surface area contributed by atoms with Gasteiger partial charge in [0.25, 0.3) is 0 Å². The normalized spacial score (nSPS) is 12.7. The summed E-state index contributed by atoms with van der Waals surface area (Å²) >= 11 is 2.92. The molecule has 0 bridgehead atoms. The third kappa shape index (κ3) is 6.29. The minimum atomic E-state index is -4.85. The Labute approximate surface area is 141 Å². The summed E-state index contributed by atoms with van der Waals surface area (Å²) in [5, 5.41) is 0. The van der Waals surface area contributed by atoms with Crippen LogP contribution in [0.3, 0.4) is 0 Å². The molecule has 0 unspecified atom stereocenters. The second-order valence-electron chi connectivity index (χ2n) is 4.83. The van der Waals surface area contributed by atoms with E-state index >= 15 is 0 Å². The van der Waals surface area contributed by atoms with Crippen molar-refractivity contribution >= 4 is 38.4 Å². The maximum Gasteiger partial charge on any atom is 0.573 e. The number of rotatable bonds is 5. The Bertz CT molecular complexity index is 623. The number of sulfonamides is 1. The lowest BCUT2D eigenvalue weighted by Gasteiger charge is -2.24. The minimum Gasteiger partial charge on any atom is -0.406 e. The minimum absolute atomic E-state index is 0. The highest BCUT2D eigenvalue weighted by molar-refractivity contribution is 9.10. The summed E-state index contributed by atoms with van der Waals surface area (Å²) < 4.78 is 66.6. The van der Waals surface area contributed by atoms with Crippen LogP contribution in [0.5, 0.6) is 5.75 Å². The van der Waals surface area contributed by atoms with Crippen molar-refractivity contribution in [3.63, 3.8) is 0 Å². The Morgan fingerprint density at radius 3 is 2.27 bits per heavy atom. The fourth-order valence-electron chi connectivity index (χ4n) is 1.36. The average Bonchev–Trinajstić information content (AvgIpc) is 2.24. The molecule has 0 heterocycles. The molecular weight excluding hydrogens is 413 g/mol. The standard InChI is InChI=1S/C11H14BrF3N2O3S.ClH/c1-10(2,6-16)17-21(18,19)9-4-3-7(5-8(9)12)20-11(13,14)15;/h3-5,17H,6,16H2,1-2H3;1H. The van der Waals surface area contributed by atoms with Crippen LogP contribution in [0.1, 0.15) is 13.8 Å². The molecule has 3 N–H and O–H groups in total. The summed E-state index contributed by atoms with van der Waals surface area (Å²) in [4.78, 5) is -0.210. The van der Waals surface area contributed by atoms with Gasteiger partial charge in [0.1, 0.15) is 5.75 Å². The third-order valence-electron chi connectivity index (χ3n) is 2.35. The van der Waals surface area contributed by atoms with Gasteiger partial charge in [-0.05, 0) is 48.0 Å². The van der Waals surface area contributed by atoms with E-state index in [-0.39, 0.29) is 28.3 Å². The van der Waals surface area contributed by atoms with Crippen LogP contribution in [0.4, 0.5) is 13.2 Å². The van der Waals surface area contributed by atoms with Crippen molar-refractivity contribution in [2.45, 2.75) is 30.6 Å². The Morgan fingerprint density at radius 1 is 1.32 bits per heavy atom. The number of halogens is 5. The molecule has 0 saturated heterocycles. The van der Waals surface area contributed by atoms with E-state index in [9.17, 15) is 21.6 Å². The van der Waals surface area contributed by atoms with Gasteiger partial charge in [-0.15, -0.1) is 25.6 Å². The van der Waals surface area contributed by atoms with Crippen molar-refractivity contribution in [2.24, 2.45) is 5.73 Å². The molecule has 1 aromatic rings. The van der Waals surface area contributed by atoms with E-state index in [2.05, 4.69) is 25.4 Å². The van der Waals surface area contributed by atoms with Crippen molar-refractivity contribution in [3.8, 4) is 5.75 Å². The maximum atomic E-state index is 12.2. The fourth-order valence-corrected chi connectivity index (χ4v) is 3.84. The topological polar surface area (TPSA) is 81.4 Å². The largest absolute Gasteiger partial charge is 0.573 e. The Hall–Kier alpha value is -0.550. The van der Waals surface area contributed by atoms with Crippen LogP contribution in [0, 0.1) is 0 Å². The smallest absolute Gasteiger partial charge is 0.406 e. The van der Waals surface area contributed by atoms with Crippen molar-refractivity contribution in [3.05, 3.63) is 22.7 Å². The molecule has 0 spiro atoms. The quantitative estimate of drug-likeness (QED) is 0.757. The second-order valence-corrected chi connectivity index (χ2v) is 7.34. The van der Waals surface area contributed by atoms with E-state index < -0.39 is 27.7 Å². The molecule has 22 heavy (non-hydrogen) atoms. The predicted molar refractivity (Wildman–Crippen MR) is 81.5 cm³/mol. The van der Waals surface area contributed by atoms with Crippen LogP contribution < -0.4 is 15.2 Å². The van der Waals surface area contributed by atoms with Gasteiger partial charge in [-0.1, -0.05) is 0 Å². The zero-order chi connectivity index (χ0) is 16.5. The molecule has 0 saturated carbocycles. The summed E-state index contributed by atoms with van der Waals surface area (Å²) in [5.41, 5.74) is 4.55. The first kappa shape index (κ1) is 21.4. The molecule has 0 radical (unpaired) electrons. The molecule has 0 aromatic heterocycles. The van der Waals surface area contributed by atoms with E-state index in [0.717, 1.165) is 18.2 Å². The van der Waals surface area contributed by atoms with Gasteiger partial charge in [0, 0.05) is 16.6 Å². The first-order chi connectivity index (χ1) is 9.36. The van der Waals surface area contributed by atoms with Crippen LogP contribution in [0.15, 0.2) is 27.6 Å². The highest BCUT2D eigenvalue weighted by atomic mass is 79.9. The molecule has 0 fully saturated rings. The van der Waals surface area contributed by atoms with E-state index in [1.807, 2.05) is 0 Å². The molecule has 0 amide bonds. The van der Waals surface area contributed by atoms with Gasteiger partial charge in [-0.25, -0.2) is 13.1 Å². The molecule has 0 atom stereocenters.